The molecule has 0 saturated carbocycles. The maximum absolute atomic E-state index is 4.17. The molecule has 0 aliphatic heterocycles. The quantitative estimate of drug-likeness (QED) is 0.873. The molecule has 1 heterocycles. The summed E-state index contributed by atoms with van der Waals surface area (Å²) < 4.78 is 1.07. The highest BCUT2D eigenvalue weighted by Gasteiger charge is 2.09. The first-order valence-corrected chi connectivity index (χ1v) is 5.76. The molecule has 4 heteroatoms. The fourth-order valence-electron chi connectivity index (χ4n) is 0.999. The summed E-state index contributed by atoms with van der Waals surface area (Å²) in [6.07, 6.45) is 4.52. The lowest BCUT2D eigenvalue weighted by Gasteiger charge is -2.18. The van der Waals surface area contributed by atoms with Crippen LogP contribution in [0.15, 0.2) is 12.5 Å². The molecule has 1 rings (SSSR count). The number of hydrogen-bond acceptors (Lipinski definition) is 3. The fourth-order valence-corrected chi connectivity index (χ4v) is 1.49. The molecule has 14 heavy (non-hydrogen) atoms. The number of aromatic nitrogens is 2. The SMILES string of the molecule is CC(C)(C)CCNc1ncncc1I. The van der Waals surface area contributed by atoms with Crippen molar-refractivity contribution >= 4 is 28.4 Å². The average molecular weight is 305 g/mol. The van der Waals surface area contributed by atoms with Crippen molar-refractivity contribution in [3.05, 3.63) is 16.1 Å². The molecular weight excluding hydrogens is 289 g/mol. The summed E-state index contributed by atoms with van der Waals surface area (Å²) in [6, 6.07) is 0. The average Bonchev–Trinajstić information content (AvgIpc) is 2.06. The van der Waals surface area contributed by atoms with E-state index in [0.717, 1.165) is 22.4 Å². The van der Waals surface area contributed by atoms with Crippen LogP contribution < -0.4 is 5.32 Å². The first kappa shape index (κ1) is 11.7. The second-order valence-electron chi connectivity index (χ2n) is 4.46. The van der Waals surface area contributed by atoms with Gasteiger partial charge in [-0.3, -0.25) is 0 Å². The van der Waals surface area contributed by atoms with E-state index >= 15 is 0 Å². The third kappa shape index (κ3) is 4.21. The van der Waals surface area contributed by atoms with Gasteiger partial charge in [-0.15, -0.1) is 0 Å². The molecule has 0 aliphatic rings. The van der Waals surface area contributed by atoms with Crippen LogP contribution in [0.3, 0.4) is 0 Å². The summed E-state index contributed by atoms with van der Waals surface area (Å²) in [5.41, 5.74) is 0.367. The van der Waals surface area contributed by atoms with Gasteiger partial charge < -0.3 is 5.32 Å². The lowest BCUT2D eigenvalue weighted by Crippen LogP contribution is -2.14. The minimum atomic E-state index is 0.367. The van der Waals surface area contributed by atoms with Crippen molar-refractivity contribution in [3.63, 3.8) is 0 Å². The van der Waals surface area contributed by atoms with Crippen LogP contribution in [0.25, 0.3) is 0 Å². The Labute approximate surface area is 98.9 Å². The topological polar surface area (TPSA) is 37.8 Å². The smallest absolute Gasteiger partial charge is 0.142 e. The Balaban J connectivity index is 2.43. The van der Waals surface area contributed by atoms with Crippen molar-refractivity contribution < 1.29 is 0 Å². The third-order valence-corrected chi connectivity index (χ3v) is 2.62. The van der Waals surface area contributed by atoms with Crippen molar-refractivity contribution in [3.8, 4) is 0 Å². The molecule has 3 nitrogen and oxygen atoms in total. The van der Waals surface area contributed by atoms with Gasteiger partial charge in [-0.25, -0.2) is 9.97 Å². The fraction of sp³-hybridized carbons (Fsp3) is 0.600. The Bertz CT molecular complexity index is 294. The number of rotatable bonds is 3. The molecular formula is C10H16IN3. The maximum atomic E-state index is 4.17. The van der Waals surface area contributed by atoms with Gasteiger partial charge in [0.2, 0.25) is 0 Å². The first-order chi connectivity index (χ1) is 6.49. The van der Waals surface area contributed by atoms with Crippen LogP contribution in [0.2, 0.25) is 0 Å². The first-order valence-electron chi connectivity index (χ1n) is 4.68. The molecule has 0 unspecified atom stereocenters. The van der Waals surface area contributed by atoms with Crippen molar-refractivity contribution in [2.24, 2.45) is 5.41 Å². The van der Waals surface area contributed by atoms with Gasteiger partial charge in [-0.05, 0) is 34.4 Å². The summed E-state index contributed by atoms with van der Waals surface area (Å²) >= 11 is 2.23. The van der Waals surface area contributed by atoms with E-state index in [2.05, 4.69) is 58.6 Å². The molecule has 1 aromatic heterocycles. The molecule has 0 aromatic carbocycles. The molecule has 0 aliphatic carbocycles. The highest BCUT2D eigenvalue weighted by molar-refractivity contribution is 14.1. The van der Waals surface area contributed by atoms with Gasteiger partial charge in [-0.2, -0.15) is 0 Å². The van der Waals surface area contributed by atoms with Crippen LogP contribution in [-0.4, -0.2) is 16.5 Å². The molecule has 0 spiro atoms. The lowest BCUT2D eigenvalue weighted by molar-refractivity contribution is 0.389. The highest BCUT2D eigenvalue weighted by atomic mass is 127. The normalized spacial score (nSPS) is 11.4. The monoisotopic (exact) mass is 305 g/mol. The van der Waals surface area contributed by atoms with Crippen LogP contribution >= 0.6 is 22.6 Å². The second-order valence-corrected chi connectivity index (χ2v) is 5.62. The van der Waals surface area contributed by atoms with E-state index < -0.39 is 0 Å². The minimum absolute atomic E-state index is 0.367. The van der Waals surface area contributed by atoms with Crippen LogP contribution in [0, 0.1) is 8.99 Å². The Kier molecular flexibility index (Phi) is 4.10. The zero-order valence-electron chi connectivity index (χ0n) is 8.84. The standard InChI is InChI=1S/C10H16IN3/c1-10(2,3)4-5-13-9-8(11)6-12-7-14-9/h6-7H,4-5H2,1-3H3,(H,12,13,14). The van der Waals surface area contributed by atoms with Crippen molar-refractivity contribution in [1.82, 2.24) is 9.97 Å². The summed E-state index contributed by atoms with van der Waals surface area (Å²) in [4.78, 5) is 8.11. The Morgan fingerprint density at radius 1 is 1.43 bits per heavy atom. The van der Waals surface area contributed by atoms with Gasteiger partial charge in [0.15, 0.2) is 0 Å². The van der Waals surface area contributed by atoms with Crippen molar-refractivity contribution in [2.45, 2.75) is 27.2 Å². The molecule has 1 aromatic rings. The van der Waals surface area contributed by atoms with E-state index in [4.69, 9.17) is 0 Å². The lowest BCUT2D eigenvalue weighted by atomic mass is 9.92. The summed E-state index contributed by atoms with van der Waals surface area (Å²) in [6.45, 7) is 7.66. The zero-order chi connectivity index (χ0) is 10.6. The highest BCUT2D eigenvalue weighted by Crippen LogP contribution is 2.19. The van der Waals surface area contributed by atoms with Crippen LogP contribution in [0.4, 0.5) is 5.82 Å². The maximum Gasteiger partial charge on any atom is 0.142 e. The predicted molar refractivity (Wildman–Crippen MR) is 67.3 cm³/mol. The van der Waals surface area contributed by atoms with E-state index in [1.807, 2.05) is 6.20 Å². The zero-order valence-corrected chi connectivity index (χ0v) is 11.0. The van der Waals surface area contributed by atoms with Crippen LogP contribution in [-0.2, 0) is 0 Å². The van der Waals surface area contributed by atoms with Gasteiger partial charge in [0.05, 0.1) is 3.57 Å². The van der Waals surface area contributed by atoms with Crippen LogP contribution in [0.5, 0.6) is 0 Å². The third-order valence-electron chi connectivity index (χ3n) is 1.84. The summed E-state index contributed by atoms with van der Waals surface area (Å²) in [5.74, 6) is 0.935. The summed E-state index contributed by atoms with van der Waals surface area (Å²) in [5, 5.41) is 3.31. The Morgan fingerprint density at radius 3 is 2.71 bits per heavy atom. The van der Waals surface area contributed by atoms with Gasteiger partial charge in [-0.1, -0.05) is 20.8 Å². The number of hydrogen-bond donors (Lipinski definition) is 1. The number of nitrogens with zero attached hydrogens (tertiary/aromatic N) is 2. The van der Waals surface area contributed by atoms with Crippen molar-refractivity contribution in [1.29, 1.82) is 0 Å². The number of anilines is 1. The van der Waals surface area contributed by atoms with E-state index in [-0.39, 0.29) is 0 Å². The molecule has 0 amide bonds. The summed E-state index contributed by atoms with van der Waals surface area (Å²) in [7, 11) is 0. The second kappa shape index (κ2) is 4.91. The molecule has 78 valence electrons. The van der Waals surface area contributed by atoms with Crippen molar-refractivity contribution in [2.75, 3.05) is 11.9 Å². The predicted octanol–water partition coefficient (Wildman–Crippen LogP) is 2.93. The molecule has 0 atom stereocenters. The van der Waals surface area contributed by atoms with Gasteiger partial charge in [0.25, 0.3) is 0 Å². The van der Waals surface area contributed by atoms with E-state index in [9.17, 15) is 0 Å². The van der Waals surface area contributed by atoms with Gasteiger partial charge in [0.1, 0.15) is 12.1 Å². The Morgan fingerprint density at radius 2 is 2.14 bits per heavy atom. The number of halogens is 1. The molecule has 0 saturated heterocycles. The molecule has 0 radical (unpaired) electrons. The number of nitrogens with one attached hydrogen (secondary N) is 1. The Hall–Kier alpha value is -0.390. The van der Waals surface area contributed by atoms with E-state index in [1.165, 1.54) is 0 Å². The van der Waals surface area contributed by atoms with E-state index in [0.29, 0.717) is 5.41 Å². The minimum Gasteiger partial charge on any atom is -0.369 e. The van der Waals surface area contributed by atoms with Gasteiger partial charge in [0, 0.05) is 12.7 Å². The van der Waals surface area contributed by atoms with E-state index in [1.54, 1.807) is 6.33 Å². The molecule has 1 N–H and O–H groups in total. The van der Waals surface area contributed by atoms with Crippen LogP contribution in [0.1, 0.15) is 27.2 Å². The largest absolute Gasteiger partial charge is 0.369 e. The molecule has 0 bridgehead atoms. The molecule has 0 fully saturated rings. The van der Waals surface area contributed by atoms with Gasteiger partial charge >= 0.3 is 0 Å².